The van der Waals surface area contributed by atoms with Crippen molar-refractivity contribution < 1.29 is 4.79 Å². The largest absolute Gasteiger partial charge is 0.338 e. The first kappa shape index (κ1) is 18.3. The molecule has 0 saturated carbocycles. The molecular weight excluding hydrogens is 358 g/mol. The summed E-state index contributed by atoms with van der Waals surface area (Å²) in [6, 6.07) is 16.1. The van der Waals surface area contributed by atoms with Gasteiger partial charge < -0.3 is 14.7 Å². The third-order valence-corrected chi connectivity index (χ3v) is 5.79. The normalized spacial score (nSPS) is 17.7. The summed E-state index contributed by atoms with van der Waals surface area (Å²) >= 11 is 6.04. The topological polar surface area (TPSA) is 26.8 Å². The Morgan fingerprint density at radius 3 is 2.30 bits per heavy atom. The minimum Gasteiger partial charge on any atom is -0.338 e. The molecule has 2 aliphatic heterocycles. The molecule has 0 bridgehead atoms. The second-order valence-electron chi connectivity index (χ2n) is 7.31. The Bertz CT molecular complexity index is 786. The van der Waals surface area contributed by atoms with Crippen LogP contribution in [0.25, 0.3) is 0 Å². The Morgan fingerprint density at radius 1 is 0.852 bits per heavy atom. The first-order valence-corrected chi connectivity index (χ1v) is 10.2. The van der Waals surface area contributed by atoms with Crippen LogP contribution < -0.4 is 9.80 Å². The molecule has 1 fully saturated rings. The lowest BCUT2D eigenvalue weighted by molar-refractivity contribution is -0.119. The highest BCUT2D eigenvalue weighted by Crippen LogP contribution is 2.38. The predicted molar refractivity (Wildman–Crippen MR) is 112 cm³/mol. The van der Waals surface area contributed by atoms with Crippen LogP contribution in [0.3, 0.4) is 0 Å². The molecule has 0 aliphatic carbocycles. The molecule has 0 N–H and O–H groups in total. The Morgan fingerprint density at radius 2 is 1.56 bits per heavy atom. The number of hydrogen-bond acceptors (Lipinski definition) is 3. The van der Waals surface area contributed by atoms with Gasteiger partial charge in [-0.2, -0.15) is 0 Å². The second-order valence-corrected chi connectivity index (χ2v) is 7.75. The van der Waals surface area contributed by atoms with Crippen LogP contribution in [0.2, 0.25) is 5.02 Å². The van der Waals surface area contributed by atoms with Crippen LogP contribution >= 0.6 is 11.6 Å². The lowest BCUT2D eigenvalue weighted by Crippen LogP contribution is -2.43. The molecule has 5 heteroatoms. The Kier molecular flexibility index (Phi) is 5.65. The molecule has 0 unspecified atom stereocenters. The number of halogens is 1. The number of carbonyl (C=O) groups is 1. The van der Waals surface area contributed by atoms with Gasteiger partial charge in [0.05, 0.1) is 11.4 Å². The fraction of sp³-hybridized carbons (Fsp3) is 0.409. The number of carbonyl (C=O) groups excluding carboxylic acids is 1. The molecule has 0 spiro atoms. The molecule has 2 heterocycles. The van der Waals surface area contributed by atoms with Crippen molar-refractivity contribution in [2.45, 2.75) is 25.7 Å². The lowest BCUT2D eigenvalue weighted by atomic mass is 10.1. The van der Waals surface area contributed by atoms with E-state index in [1.807, 2.05) is 41.3 Å². The van der Waals surface area contributed by atoms with Gasteiger partial charge in [-0.3, -0.25) is 4.79 Å². The molecule has 2 aromatic carbocycles. The van der Waals surface area contributed by atoms with E-state index in [9.17, 15) is 4.79 Å². The van der Waals surface area contributed by atoms with Crippen LogP contribution in [-0.4, -0.2) is 43.5 Å². The maximum atomic E-state index is 13.0. The van der Waals surface area contributed by atoms with Gasteiger partial charge in [-0.15, -0.1) is 0 Å². The van der Waals surface area contributed by atoms with Crippen molar-refractivity contribution in [1.82, 2.24) is 4.90 Å². The number of fused-ring (bicyclic) bond motifs is 1. The average Bonchev–Trinajstić information content (AvgIpc) is 2.73. The van der Waals surface area contributed by atoms with Crippen LogP contribution in [0.1, 0.15) is 25.7 Å². The number of likely N-dealkylation sites (tertiary alicyclic amines) is 1. The van der Waals surface area contributed by atoms with E-state index in [1.165, 1.54) is 19.3 Å². The molecule has 2 aliphatic rings. The van der Waals surface area contributed by atoms with Crippen molar-refractivity contribution in [1.29, 1.82) is 0 Å². The minimum atomic E-state index is 0.226. The van der Waals surface area contributed by atoms with E-state index in [4.69, 9.17) is 11.6 Å². The molecule has 0 aromatic heterocycles. The van der Waals surface area contributed by atoms with E-state index >= 15 is 0 Å². The van der Waals surface area contributed by atoms with Crippen LogP contribution in [0.4, 0.5) is 17.1 Å². The van der Waals surface area contributed by atoms with E-state index in [1.54, 1.807) is 0 Å². The molecular formula is C22H26ClN3O. The second kappa shape index (κ2) is 8.32. The van der Waals surface area contributed by atoms with E-state index in [-0.39, 0.29) is 5.91 Å². The Balaban J connectivity index is 1.50. The molecule has 2 aromatic rings. The van der Waals surface area contributed by atoms with E-state index in [0.717, 1.165) is 48.3 Å². The highest BCUT2D eigenvalue weighted by Gasteiger charge is 2.27. The summed E-state index contributed by atoms with van der Waals surface area (Å²) in [6.45, 7) is 4.63. The quantitative estimate of drug-likeness (QED) is 0.765. The zero-order chi connectivity index (χ0) is 18.6. The van der Waals surface area contributed by atoms with Gasteiger partial charge in [-0.05, 0) is 62.3 Å². The molecule has 0 radical (unpaired) electrons. The highest BCUT2D eigenvalue weighted by atomic mass is 35.5. The Labute approximate surface area is 166 Å². The first-order chi connectivity index (χ1) is 13.2. The van der Waals surface area contributed by atoms with Crippen molar-refractivity contribution in [3.8, 4) is 0 Å². The van der Waals surface area contributed by atoms with Gasteiger partial charge in [0.25, 0.3) is 0 Å². The molecule has 27 heavy (non-hydrogen) atoms. The maximum absolute atomic E-state index is 13.0. The van der Waals surface area contributed by atoms with Gasteiger partial charge in [-0.1, -0.05) is 30.2 Å². The number of nitrogens with zero attached hydrogens (tertiary/aromatic N) is 3. The minimum absolute atomic E-state index is 0.226. The molecule has 1 saturated heterocycles. The maximum Gasteiger partial charge on any atom is 0.228 e. The first-order valence-electron chi connectivity index (χ1n) is 9.87. The van der Waals surface area contributed by atoms with Gasteiger partial charge in [0.15, 0.2) is 0 Å². The summed E-state index contributed by atoms with van der Waals surface area (Å²) in [5, 5.41) is 0.735. The number of anilines is 3. The van der Waals surface area contributed by atoms with Crippen molar-refractivity contribution >= 4 is 34.6 Å². The number of benzene rings is 2. The predicted octanol–water partition coefficient (Wildman–Crippen LogP) is 4.70. The van der Waals surface area contributed by atoms with Crippen molar-refractivity contribution in [3.63, 3.8) is 0 Å². The highest BCUT2D eigenvalue weighted by molar-refractivity contribution is 6.30. The molecule has 4 rings (SSSR count). The fourth-order valence-electron chi connectivity index (χ4n) is 4.08. The number of amides is 1. The summed E-state index contributed by atoms with van der Waals surface area (Å²) in [7, 11) is 0. The van der Waals surface area contributed by atoms with Gasteiger partial charge in [0, 0.05) is 36.8 Å². The third kappa shape index (κ3) is 4.12. The molecule has 4 nitrogen and oxygen atoms in total. The standard InChI is InChI=1S/C22H26ClN3O/c23-18-8-10-19(11-9-18)25-16-17-26(21-7-3-2-6-20(21)25)22(27)12-15-24-13-4-1-5-14-24/h2-3,6-11H,1,4-5,12-17H2. The van der Waals surface area contributed by atoms with Crippen molar-refractivity contribution in [2.24, 2.45) is 0 Å². The van der Waals surface area contributed by atoms with Crippen molar-refractivity contribution in [2.75, 3.05) is 42.5 Å². The smallest absolute Gasteiger partial charge is 0.228 e. The van der Waals surface area contributed by atoms with Gasteiger partial charge >= 0.3 is 0 Å². The van der Waals surface area contributed by atoms with Gasteiger partial charge in [0.1, 0.15) is 0 Å². The SMILES string of the molecule is O=C(CCN1CCCCC1)N1CCN(c2ccc(Cl)cc2)c2ccccc21. The van der Waals surface area contributed by atoms with Gasteiger partial charge in [0.2, 0.25) is 5.91 Å². The number of para-hydroxylation sites is 2. The van der Waals surface area contributed by atoms with Gasteiger partial charge in [-0.25, -0.2) is 0 Å². The van der Waals surface area contributed by atoms with Crippen LogP contribution in [0.15, 0.2) is 48.5 Å². The average molecular weight is 384 g/mol. The summed E-state index contributed by atoms with van der Waals surface area (Å²) in [5.74, 6) is 0.226. The summed E-state index contributed by atoms with van der Waals surface area (Å²) in [4.78, 5) is 19.6. The van der Waals surface area contributed by atoms with Crippen LogP contribution in [0.5, 0.6) is 0 Å². The number of hydrogen-bond donors (Lipinski definition) is 0. The third-order valence-electron chi connectivity index (χ3n) is 5.54. The monoisotopic (exact) mass is 383 g/mol. The fourth-order valence-corrected chi connectivity index (χ4v) is 4.21. The molecule has 142 valence electrons. The van der Waals surface area contributed by atoms with E-state index < -0.39 is 0 Å². The number of piperidine rings is 1. The molecule has 1 amide bonds. The molecule has 0 atom stereocenters. The summed E-state index contributed by atoms with van der Waals surface area (Å²) in [6.07, 6.45) is 4.44. The zero-order valence-electron chi connectivity index (χ0n) is 15.6. The van der Waals surface area contributed by atoms with Crippen molar-refractivity contribution in [3.05, 3.63) is 53.6 Å². The summed E-state index contributed by atoms with van der Waals surface area (Å²) < 4.78 is 0. The van der Waals surface area contributed by atoms with E-state index in [0.29, 0.717) is 13.0 Å². The van der Waals surface area contributed by atoms with Crippen LogP contribution in [-0.2, 0) is 4.79 Å². The lowest BCUT2D eigenvalue weighted by Gasteiger charge is -2.38. The Hall–Kier alpha value is -2.04. The van der Waals surface area contributed by atoms with E-state index in [2.05, 4.69) is 21.9 Å². The van der Waals surface area contributed by atoms with Crippen LogP contribution in [0, 0.1) is 0 Å². The number of rotatable bonds is 4. The zero-order valence-corrected chi connectivity index (χ0v) is 16.4. The summed E-state index contributed by atoms with van der Waals surface area (Å²) in [5.41, 5.74) is 3.19.